The molecule has 1 aliphatic carbocycles. The van der Waals surface area contributed by atoms with E-state index in [0.29, 0.717) is 0 Å². The maximum Gasteiger partial charge on any atom is 0.0313 e. The van der Waals surface area contributed by atoms with Crippen LogP contribution in [0.3, 0.4) is 0 Å². The van der Waals surface area contributed by atoms with Gasteiger partial charge in [-0.1, -0.05) is 25.3 Å². The first-order valence-corrected chi connectivity index (χ1v) is 8.18. The van der Waals surface area contributed by atoms with Crippen LogP contribution in [0.2, 0.25) is 0 Å². The van der Waals surface area contributed by atoms with Crippen LogP contribution >= 0.6 is 0 Å². The van der Waals surface area contributed by atoms with Crippen LogP contribution in [0.25, 0.3) is 0 Å². The standard InChI is InChI=1S/C17H27N3/c1-14-9-15(11-19-10-14)13-20-8-7-18-12-17(20)16-5-3-2-4-6-16/h9-11,16-18H,2-8,12-13H2,1H3. The molecule has 1 saturated carbocycles. The van der Waals surface area contributed by atoms with Gasteiger partial charge in [0.1, 0.15) is 0 Å². The summed E-state index contributed by atoms with van der Waals surface area (Å²) in [4.78, 5) is 7.04. The lowest BCUT2D eigenvalue weighted by Gasteiger charge is -2.42. The minimum Gasteiger partial charge on any atom is -0.314 e. The summed E-state index contributed by atoms with van der Waals surface area (Å²) in [5, 5.41) is 3.60. The van der Waals surface area contributed by atoms with Gasteiger partial charge in [-0.15, -0.1) is 0 Å². The number of aryl methyl sites for hydroxylation is 1. The SMILES string of the molecule is Cc1cncc(CN2CCNCC2C2CCCCC2)c1. The number of hydrogen-bond acceptors (Lipinski definition) is 3. The molecule has 3 nitrogen and oxygen atoms in total. The summed E-state index contributed by atoms with van der Waals surface area (Å²) >= 11 is 0. The molecule has 0 aromatic carbocycles. The second-order valence-corrected chi connectivity index (χ2v) is 6.51. The number of hydrogen-bond donors (Lipinski definition) is 1. The van der Waals surface area contributed by atoms with Crippen molar-refractivity contribution in [3.05, 3.63) is 29.6 Å². The Balaban J connectivity index is 1.68. The maximum atomic E-state index is 4.34. The van der Waals surface area contributed by atoms with E-state index >= 15 is 0 Å². The average molecular weight is 273 g/mol. The van der Waals surface area contributed by atoms with E-state index in [1.54, 1.807) is 0 Å². The molecule has 3 rings (SSSR count). The zero-order valence-electron chi connectivity index (χ0n) is 12.6. The number of piperazine rings is 1. The summed E-state index contributed by atoms with van der Waals surface area (Å²) in [6.45, 7) is 6.67. The average Bonchev–Trinajstić information content (AvgIpc) is 2.49. The zero-order valence-corrected chi connectivity index (χ0v) is 12.6. The summed E-state index contributed by atoms with van der Waals surface area (Å²) in [7, 11) is 0. The Kier molecular flexibility index (Phi) is 4.69. The molecule has 20 heavy (non-hydrogen) atoms. The molecule has 3 heteroatoms. The molecule has 1 saturated heterocycles. The van der Waals surface area contributed by atoms with E-state index in [2.05, 4.69) is 28.2 Å². The highest BCUT2D eigenvalue weighted by Crippen LogP contribution is 2.30. The Morgan fingerprint density at radius 3 is 2.90 bits per heavy atom. The van der Waals surface area contributed by atoms with E-state index in [1.807, 2.05) is 12.4 Å². The fourth-order valence-electron chi connectivity index (χ4n) is 3.89. The molecule has 0 spiro atoms. The lowest BCUT2D eigenvalue weighted by Crippen LogP contribution is -2.54. The van der Waals surface area contributed by atoms with Crippen molar-refractivity contribution in [3.63, 3.8) is 0 Å². The summed E-state index contributed by atoms with van der Waals surface area (Å²) in [5.41, 5.74) is 2.64. The largest absolute Gasteiger partial charge is 0.314 e. The van der Waals surface area contributed by atoms with E-state index in [4.69, 9.17) is 0 Å². The minimum atomic E-state index is 0.726. The molecular formula is C17H27N3. The third kappa shape index (κ3) is 3.39. The fraction of sp³-hybridized carbons (Fsp3) is 0.706. The number of rotatable bonds is 3. The third-order valence-electron chi connectivity index (χ3n) is 4.91. The lowest BCUT2D eigenvalue weighted by molar-refractivity contribution is 0.0859. The van der Waals surface area contributed by atoms with Gasteiger partial charge in [0, 0.05) is 44.6 Å². The van der Waals surface area contributed by atoms with Gasteiger partial charge in [0.15, 0.2) is 0 Å². The van der Waals surface area contributed by atoms with Gasteiger partial charge >= 0.3 is 0 Å². The Labute approximate surface area is 122 Å². The molecule has 110 valence electrons. The van der Waals surface area contributed by atoms with Crippen LogP contribution in [0, 0.1) is 12.8 Å². The highest BCUT2D eigenvalue weighted by molar-refractivity contribution is 5.16. The summed E-state index contributed by atoms with van der Waals surface area (Å²) in [5.74, 6) is 0.898. The van der Waals surface area contributed by atoms with Crippen molar-refractivity contribution in [1.82, 2.24) is 15.2 Å². The summed E-state index contributed by atoms with van der Waals surface area (Å²) in [6, 6.07) is 3.01. The number of nitrogens with zero attached hydrogens (tertiary/aromatic N) is 2. The molecule has 1 N–H and O–H groups in total. The number of pyridine rings is 1. The molecule has 1 aromatic rings. The fourth-order valence-corrected chi connectivity index (χ4v) is 3.89. The van der Waals surface area contributed by atoms with Crippen LogP contribution in [0.1, 0.15) is 43.2 Å². The number of nitrogens with one attached hydrogen (secondary N) is 1. The quantitative estimate of drug-likeness (QED) is 0.918. The van der Waals surface area contributed by atoms with Crippen LogP contribution in [0.4, 0.5) is 0 Å². The van der Waals surface area contributed by atoms with Crippen molar-refractivity contribution in [1.29, 1.82) is 0 Å². The second-order valence-electron chi connectivity index (χ2n) is 6.51. The van der Waals surface area contributed by atoms with Gasteiger partial charge in [-0.2, -0.15) is 0 Å². The molecule has 1 atom stereocenters. The van der Waals surface area contributed by atoms with Crippen LogP contribution < -0.4 is 5.32 Å². The first-order valence-electron chi connectivity index (χ1n) is 8.18. The molecule has 1 aliphatic heterocycles. The molecule has 0 amide bonds. The van der Waals surface area contributed by atoms with Gasteiger partial charge in [-0.05, 0) is 36.8 Å². The minimum absolute atomic E-state index is 0.726. The smallest absolute Gasteiger partial charge is 0.0313 e. The normalized spacial score (nSPS) is 25.8. The van der Waals surface area contributed by atoms with Crippen molar-refractivity contribution in [2.75, 3.05) is 19.6 Å². The third-order valence-corrected chi connectivity index (χ3v) is 4.91. The first kappa shape index (κ1) is 14.0. The second kappa shape index (κ2) is 6.68. The van der Waals surface area contributed by atoms with Gasteiger partial charge in [0.25, 0.3) is 0 Å². The topological polar surface area (TPSA) is 28.2 Å². The van der Waals surface area contributed by atoms with E-state index in [-0.39, 0.29) is 0 Å². The van der Waals surface area contributed by atoms with Gasteiger partial charge in [0.2, 0.25) is 0 Å². The van der Waals surface area contributed by atoms with Gasteiger partial charge in [-0.3, -0.25) is 9.88 Å². The number of aromatic nitrogens is 1. The van der Waals surface area contributed by atoms with E-state index in [0.717, 1.165) is 25.0 Å². The van der Waals surface area contributed by atoms with Crippen LogP contribution in [0.5, 0.6) is 0 Å². The van der Waals surface area contributed by atoms with E-state index in [9.17, 15) is 0 Å². The monoisotopic (exact) mass is 273 g/mol. The Morgan fingerprint density at radius 2 is 2.10 bits per heavy atom. The molecule has 2 fully saturated rings. The molecule has 0 radical (unpaired) electrons. The van der Waals surface area contributed by atoms with Crippen molar-refractivity contribution in [3.8, 4) is 0 Å². The Bertz CT molecular complexity index is 426. The molecular weight excluding hydrogens is 246 g/mol. The predicted molar refractivity (Wildman–Crippen MR) is 82.6 cm³/mol. The molecule has 0 bridgehead atoms. The van der Waals surface area contributed by atoms with Crippen molar-refractivity contribution in [2.24, 2.45) is 5.92 Å². The van der Waals surface area contributed by atoms with Gasteiger partial charge < -0.3 is 5.32 Å². The predicted octanol–water partition coefficient (Wildman–Crippen LogP) is 2.74. The van der Waals surface area contributed by atoms with Crippen molar-refractivity contribution >= 4 is 0 Å². The van der Waals surface area contributed by atoms with Crippen LogP contribution in [-0.4, -0.2) is 35.6 Å². The van der Waals surface area contributed by atoms with Crippen LogP contribution in [0.15, 0.2) is 18.5 Å². The first-order chi connectivity index (χ1) is 9.83. The molecule has 1 aromatic heterocycles. The van der Waals surface area contributed by atoms with E-state index in [1.165, 1.54) is 56.3 Å². The molecule has 2 aliphatic rings. The van der Waals surface area contributed by atoms with Crippen LogP contribution in [-0.2, 0) is 6.54 Å². The lowest BCUT2D eigenvalue weighted by atomic mass is 9.82. The molecule has 2 heterocycles. The van der Waals surface area contributed by atoms with Gasteiger partial charge in [-0.25, -0.2) is 0 Å². The zero-order chi connectivity index (χ0) is 13.8. The molecule has 1 unspecified atom stereocenters. The maximum absolute atomic E-state index is 4.34. The summed E-state index contributed by atoms with van der Waals surface area (Å²) < 4.78 is 0. The van der Waals surface area contributed by atoms with Crippen molar-refractivity contribution < 1.29 is 0 Å². The Hall–Kier alpha value is -0.930. The Morgan fingerprint density at radius 1 is 1.25 bits per heavy atom. The highest BCUT2D eigenvalue weighted by Gasteiger charge is 2.30. The summed E-state index contributed by atoms with van der Waals surface area (Å²) in [6.07, 6.45) is 11.1. The van der Waals surface area contributed by atoms with E-state index < -0.39 is 0 Å². The van der Waals surface area contributed by atoms with Crippen molar-refractivity contribution in [2.45, 2.75) is 51.6 Å². The van der Waals surface area contributed by atoms with Gasteiger partial charge in [0.05, 0.1) is 0 Å². The highest BCUT2D eigenvalue weighted by atomic mass is 15.2.